The molecule has 1 N–H and O–H groups in total. The molecule has 0 radical (unpaired) electrons. The second kappa shape index (κ2) is 6.88. The van der Waals surface area contributed by atoms with E-state index in [1.54, 1.807) is 0 Å². The van der Waals surface area contributed by atoms with Crippen molar-refractivity contribution < 1.29 is 4.74 Å². The normalized spacial score (nSPS) is 35.8. The molecule has 3 nitrogen and oxygen atoms in total. The first kappa shape index (κ1) is 14.3. The largest absolute Gasteiger partial charge is 0.377 e. The maximum atomic E-state index is 6.02. The van der Waals surface area contributed by atoms with Gasteiger partial charge in [-0.25, -0.2) is 0 Å². The highest BCUT2D eigenvalue weighted by Gasteiger charge is 2.28. The van der Waals surface area contributed by atoms with Gasteiger partial charge in [-0.3, -0.25) is 4.90 Å². The lowest BCUT2D eigenvalue weighted by molar-refractivity contribution is -0.00254. The smallest absolute Gasteiger partial charge is 0.0600 e. The number of piperidine rings is 2. The average molecular weight is 254 g/mol. The Morgan fingerprint density at radius 2 is 1.89 bits per heavy atom. The molecule has 2 aliphatic heterocycles. The molecular weight excluding hydrogens is 224 g/mol. The molecule has 0 bridgehead atoms. The maximum Gasteiger partial charge on any atom is 0.0600 e. The summed E-state index contributed by atoms with van der Waals surface area (Å²) >= 11 is 0. The van der Waals surface area contributed by atoms with Gasteiger partial charge >= 0.3 is 0 Å². The highest BCUT2D eigenvalue weighted by Crippen LogP contribution is 2.26. The summed E-state index contributed by atoms with van der Waals surface area (Å²) in [5.74, 6) is 1.67. The summed E-state index contributed by atoms with van der Waals surface area (Å²) in [6.07, 6.45) is 4.25. The molecule has 0 spiro atoms. The van der Waals surface area contributed by atoms with E-state index >= 15 is 0 Å². The minimum Gasteiger partial charge on any atom is -0.377 e. The molecule has 18 heavy (non-hydrogen) atoms. The van der Waals surface area contributed by atoms with Gasteiger partial charge in [0.15, 0.2) is 0 Å². The van der Waals surface area contributed by atoms with E-state index in [4.69, 9.17) is 4.74 Å². The molecule has 2 fully saturated rings. The van der Waals surface area contributed by atoms with Crippen molar-refractivity contribution in [3.05, 3.63) is 0 Å². The van der Waals surface area contributed by atoms with Crippen LogP contribution in [0, 0.1) is 11.8 Å². The topological polar surface area (TPSA) is 24.5 Å². The van der Waals surface area contributed by atoms with E-state index in [-0.39, 0.29) is 0 Å². The third-order valence-electron chi connectivity index (χ3n) is 4.74. The summed E-state index contributed by atoms with van der Waals surface area (Å²) in [7, 11) is 0. The molecule has 0 saturated carbocycles. The molecule has 2 heterocycles. The van der Waals surface area contributed by atoms with Crippen molar-refractivity contribution in [2.75, 3.05) is 32.8 Å². The Bertz CT molecular complexity index is 241. The molecule has 2 saturated heterocycles. The first-order valence-electron chi connectivity index (χ1n) is 7.73. The van der Waals surface area contributed by atoms with Gasteiger partial charge in [0.05, 0.1) is 12.7 Å². The number of hydrogen-bond donors (Lipinski definition) is 1. The number of rotatable bonds is 4. The monoisotopic (exact) mass is 254 g/mol. The molecule has 0 aromatic carbocycles. The highest BCUT2D eigenvalue weighted by atomic mass is 16.5. The molecule has 3 heteroatoms. The van der Waals surface area contributed by atoms with E-state index in [2.05, 4.69) is 31.0 Å². The van der Waals surface area contributed by atoms with Crippen molar-refractivity contribution in [1.82, 2.24) is 10.2 Å². The fourth-order valence-corrected chi connectivity index (χ4v) is 3.43. The lowest BCUT2D eigenvalue weighted by Crippen LogP contribution is -2.47. The van der Waals surface area contributed by atoms with Crippen LogP contribution in [0.15, 0.2) is 0 Å². The van der Waals surface area contributed by atoms with Gasteiger partial charge in [-0.1, -0.05) is 13.8 Å². The summed E-state index contributed by atoms with van der Waals surface area (Å²) in [6, 6.07) is 0.720. The molecule has 0 aliphatic carbocycles. The zero-order valence-corrected chi connectivity index (χ0v) is 12.3. The van der Waals surface area contributed by atoms with Gasteiger partial charge in [-0.15, -0.1) is 0 Å². The summed E-state index contributed by atoms with van der Waals surface area (Å²) in [6.45, 7) is 12.7. The molecule has 2 rings (SSSR count). The predicted molar refractivity (Wildman–Crippen MR) is 75.8 cm³/mol. The van der Waals surface area contributed by atoms with E-state index < -0.39 is 0 Å². The van der Waals surface area contributed by atoms with Crippen molar-refractivity contribution in [2.24, 2.45) is 11.8 Å². The van der Waals surface area contributed by atoms with Gasteiger partial charge in [0.25, 0.3) is 0 Å². The lowest BCUT2D eigenvalue weighted by Gasteiger charge is -2.41. The van der Waals surface area contributed by atoms with Crippen LogP contribution in [0.3, 0.4) is 0 Å². The van der Waals surface area contributed by atoms with E-state index in [1.807, 2.05) is 0 Å². The number of nitrogens with zero attached hydrogens (tertiary/aromatic N) is 1. The van der Waals surface area contributed by atoms with Crippen LogP contribution in [0.4, 0.5) is 0 Å². The fourth-order valence-electron chi connectivity index (χ4n) is 3.43. The van der Waals surface area contributed by atoms with E-state index in [9.17, 15) is 0 Å². The third-order valence-corrected chi connectivity index (χ3v) is 4.74. The van der Waals surface area contributed by atoms with Gasteiger partial charge in [0.2, 0.25) is 0 Å². The third kappa shape index (κ3) is 3.94. The Morgan fingerprint density at radius 3 is 2.61 bits per heavy atom. The molecule has 2 aliphatic rings. The molecular formula is C15H30N2O. The van der Waals surface area contributed by atoms with Crippen LogP contribution in [0.2, 0.25) is 0 Å². The predicted octanol–water partition coefficient (Wildman–Crippen LogP) is 2.12. The summed E-state index contributed by atoms with van der Waals surface area (Å²) in [5.41, 5.74) is 0. The average Bonchev–Trinajstić information content (AvgIpc) is 2.36. The Kier molecular flexibility index (Phi) is 5.46. The second-order valence-electron chi connectivity index (χ2n) is 6.37. The Balaban J connectivity index is 1.68. The van der Waals surface area contributed by atoms with Gasteiger partial charge in [-0.2, -0.15) is 0 Å². The first-order chi connectivity index (χ1) is 8.66. The number of likely N-dealkylation sites (tertiary alicyclic amines) is 1. The summed E-state index contributed by atoms with van der Waals surface area (Å²) in [4.78, 5) is 2.62. The van der Waals surface area contributed by atoms with Crippen molar-refractivity contribution in [3.8, 4) is 0 Å². The zero-order valence-electron chi connectivity index (χ0n) is 12.3. The first-order valence-corrected chi connectivity index (χ1v) is 7.73. The van der Waals surface area contributed by atoms with E-state index in [0.717, 1.165) is 44.1 Å². The maximum absolute atomic E-state index is 6.02. The van der Waals surface area contributed by atoms with Gasteiger partial charge in [-0.05, 0) is 51.1 Å². The van der Waals surface area contributed by atoms with E-state index in [1.165, 1.54) is 25.8 Å². The van der Waals surface area contributed by atoms with Crippen molar-refractivity contribution in [2.45, 2.75) is 52.2 Å². The Hall–Kier alpha value is -0.120. The van der Waals surface area contributed by atoms with Gasteiger partial charge in [0.1, 0.15) is 0 Å². The number of hydrogen-bond acceptors (Lipinski definition) is 3. The minimum atomic E-state index is 0.501. The quantitative estimate of drug-likeness (QED) is 0.832. The molecule has 0 aromatic rings. The Labute approximate surface area is 112 Å². The van der Waals surface area contributed by atoms with Crippen molar-refractivity contribution in [1.29, 1.82) is 0 Å². The van der Waals surface area contributed by atoms with Crippen LogP contribution in [0.5, 0.6) is 0 Å². The minimum absolute atomic E-state index is 0.501. The fraction of sp³-hybridized carbons (Fsp3) is 1.00. The van der Waals surface area contributed by atoms with Crippen LogP contribution >= 0.6 is 0 Å². The Morgan fingerprint density at radius 1 is 1.17 bits per heavy atom. The SMILES string of the molecule is CC1CC(C)C(C)N(CCOC2CCNCC2)C1. The van der Waals surface area contributed by atoms with Gasteiger partial charge in [0, 0.05) is 19.1 Å². The zero-order chi connectivity index (χ0) is 13.0. The van der Waals surface area contributed by atoms with Crippen LogP contribution < -0.4 is 5.32 Å². The highest BCUT2D eigenvalue weighted by molar-refractivity contribution is 4.81. The summed E-state index contributed by atoms with van der Waals surface area (Å²) < 4.78 is 6.02. The van der Waals surface area contributed by atoms with Crippen molar-refractivity contribution in [3.63, 3.8) is 0 Å². The van der Waals surface area contributed by atoms with Crippen molar-refractivity contribution >= 4 is 0 Å². The lowest BCUT2D eigenvalue weighted by atomic mass is 9.86. The van der Waals surface area contributed by atoms with Crippen LogP contribution in [-0.4, -0.2) is 49.8 Å². The van der Waals surface area contributed by atoms with Crippen LogP contribution in [0.25, 0.3) is 0 Å². The standard InChI is InChI=1S/C15H30N2O/c1-12-10-13(2)14(3)17(11-12)8-9-18-15-4-6-16-7-5-15/h12-16H,4-11H2,1-3H3. The summed E-state index contributed by atoms with van der Waals surface area (Å²) in [5, 5.41) is 3.38. The second-order valence-corrected chi connectivity index (χ2v) is 6.37. The van der Waals surface area contributed by atoms with Crippen LogP contribution in [0.1, 0.15) is 40.0 Å². The van der Waals surface area contributed by atoms with Crippen LogP contribution in [-0.2, 0) is 4.74 Å². The van der Waals surface area contributed by atoms with Gasteiger partial charge < -0.3 is 10.1 Å². The number of ether oxygens (including phenoxy) is 1. The van der Waals surface area contributed by atoms with E-state index in [0.29, 0.717) is 6.10 Å². The molecule has 3 atom stereocenters. The molecule has 3 unspecified atom stereocenters. The molecule has 0 amide bonds. The molecule has 106 valence electrons. The molecule has 0 aromatic heterocycles. The number of nitrogens with one attached hydrogen (secondary N) is 1.